The number of methoxy groups -OCH3 is 1. The summed E-state index contributed by atoms with van der Waals surface area (Å²) in [5.74, 6) is 0. The summed E-state index contributed by atoms with van der Waals surface area (Å²) in [6.07, 6.45) is 3.66. The molecule has 7 heteroatoms. The van der Waals surface area contributed by atoms with E-state index in [1.807, 2.05) is 10.7 Å². The van der Waals surface area contributed by atoms with Crippen LogP contribution in [0.3, 0.4) is 0 Å². The van der Waals surface area contributed by atoms with Crippen LogP contribution < -0.4 is 0 Å². The zero-order valence-corrected chi connectivity index (χ0v) is 10.9. The van der Waals surface area contributed by atoms with Crippen molar-refractivity contribution in [1.29, 1.82) is 0 Å². The minimum Gasteiger partial charge on any atom is -0.383 e. The maximum absolute atomic E-state index is 11.8. The molecule has 0 amide bonds. The number of fused-ring (bicyclic) bond motifs is 1. The number of hydrogen-bond acceptors (Lipinski definition) is 4. The molecule has 0 radical (unpaired) electrons. The van der Waals surface area contributed by atoms with Gasteiger partial charge in [0.2, 0.25) is 10.0 Å². The smallest absolute Gasteiger partial charge is 0.211 e. The number of hydrogen-bond donors (Lipinski definition) is 0. The first-order chi connectivity index (χ1) is 8.02. The fourth-order valence-electron chi connectivity index (χ4n) is 2.15. The topological polar surface area (TPSA) is 64.4 Å². The molecule has 1 aromatic rings. The Morgan fingerprint density at radius 2 is 2.35 bits per heavy atom. The Morgan fingerprint density at radius 1 is 1.59 bits per heavy atom. The summed E-state index contributed by atoms with van der Waals surface area (Å²) < 4.78 is 32.0. The van der Waals surface area contributed by atoms with Gasteiger partial charge in [0.1, 0.15) is 0 Å². The van der Waals surface area contributed by atoms with Crippen LogP contribution in [0.25, 0.3) is 0 Å². The van der Waals surface area contributed by atoms with Crippen LogP contribution in [0, 0.1) is 0 Å². The van der Waals surface area contributed by atoms with Gasteiger partial charge in [-0.2, -0.15) is 9.40 Å². The number of aryl methyl sites for hydroxylation is 1. The van der Waals surface area contributed by atoms with E-state index in [-0.39, 0.29) is 6.04 Å². The normalized spacial score (nSPS) is 22.1. The van der Waals surface area contributed by atoms with E-state index in [1.54, 1.807) is 13.3 Å². The second-order valence-electron chi connectivity index (χ2n) is 4.25. The predicted octanol–water partition coefficient (Wildman–Crippen LogP) is 0.0634. The van der Waals surface area contributed by atoms with Crippen molar-refractivity contribution in [3.05, 3.63) is 18.0 Å². The number of ether oxygens (including phenoxy) is 1. The van der Waals surface area contributed by atoms with Gasteiger partial charge in [0.25, 0.3) is 0 Å². The van der Waals surface area contributed by atoms with Gasteiger partial charge in [0.05, 0.1) is 31.1 Å². The Kier molecular flexibility index (Phi) is 3.50. The van der Waals surface area contributed by atoms with E-state index in [0.29, 0.717) is 13.2 Å². The lowest BCUT2D eigenvalue weighted by Crippen LogP contribution is -2.41. The van der Waals surface area contributed by atoms with E-state index in [9.17, 15) is 8.42 Å². The van der Waals surface area contributed by atoms with Crippen LogP contribution in [0.4, 0.5) is 0 Å². The van der Waals surface area contributed by atoms with Crippen LogP contribution >= 0.6 is 0 Å². The Morgan fingerprint density at radius 3 is 3.00 bits per heavy atom. The third kappa shape index (κ3) is 2.67. The first-order valence-electron chi connectivity index (χ1n) is 5.49. The van der Waals surface area contributed by atoms with Crippen LogP contribution in [0.1, 0.15) is 12.1 Å². The molecule has 0 bridgehead atoms. The Labute approximate surface area is 101 Å². The summed E-state index contributed by atoms with van der Waals surface area (Å²) in [7, 11) is -1.64. The molecule has 1 aliphatic heterocycles. The molecular formula is C10H17N3O3S. The van der Waals surface area contributed by atoms with Gasteiger partial charge < -0.3 is 4.74 Å². The molecule has 1 atom stereocenters. The van der Waals surface area contributed by atoms with Gasteiger partial charge in [0.15, 0.2) is 0 Å². The summed E-state index contributed by atoms with van der Waals surface area (Å²) in [5.41, 5.74) is 0.925. The quantitative estimate of drug-likeness (QED) is 0.770. The molecule has 0 aliphatic carbocycles. The fourth-order valence-corrected chi connectivity index (χ4v) is 3.22. The average Bonchev–Trinajstić information content (AvgIpc) is 2.60. The molecule has 1 aromatic heterocycles. The Balaban J connectivity index is 2.30. The number of rotatable bonds is 3. The molecule has 1 aliphatic rings. The molecule has 17 heavy (non-hydrogen) atoms. The van der Waals surface area contributed by atoms with Crippen LogP contribution in [0.2, 0.25) is 0 Å². The lowest BCUT2D eigenvalue weighted by molar-refractivity contribution is 0.127. The first kappa shape index (κ1) is 12.5. The number of nitrogens with zero attached hydrogens (tertiary/aromatic N) is 3. The summed E-state index contributed by atoms with van der Waals surface area (Å²) in [5, 5.41) is 4.18. The molecule has 96 valence electrons. The molecule has 0 saturated carbocycles. The highest BCUT2D eigenvalue weighted by atomic mass is 32.2. The molecule has 0 unspecified atom stereocenters. The average molecular weight is 259 g/mol. The third-order valence-electron chi connectivity index (χ3n) is 2.99. The van der Waals surface area contributed by atoms with Crippen LogP contribution in [0.5, 0.6) is 0 Å². The van der Waals surface area contributed by atoms with Crippen molar-refractivity contribution in [2.75, 3.05) is 20.0 Å². The summed E-state index contributed by atoms with van der Waals surface area (Å²) in [4.78, 5) is 0. The summed E-state index contributed by atoms with van der Waals surface area (Å²) in [6.45, 7) is 1.51. The minimum absolute atomic E-state index is 0.114. The largest absolute Gasteiger partial charge is 0.383 e. The monoisotopic (exact) mass is 259 g/mol. The van der Waals surface area contributed by atoms with E-state index >= 15 is 0 Å². The third-order valence-corrected chi connectivity index (χ3v) is 4.27. The molecule has 0 fully saturated rings. The zero-order valence-electron chi connectivity index (χ0n) is 10.0. The summed E-state index contributed by atoms with van der Waals surface area (Å²) in [6, 6.07) is 1.74. The number of aromatic nitrogens is 2. The van der Waals surface area contributed by atoms with E-state index in [4.69, 9.17) is 4.74 Å². The van der Waals surface area contributed by atoms with Crippen LogP contribution in [0.15, 0.2) is 12.3 Å². The first-order valence-corrected chi connectivity index (χ1v) is 7.33. The van der Waals surface area contributed by atoms with E-state index < -0.39 is 10.0 Å². The molecule has 2 rings (SSSR count). The van der Waals surface area contributed by atoms with E-state index in [2.05, 4.69) is 5.10 Å². The summed E-state index contributed by atoms with van der Waals surface area (Å²) >= 11 is 0. The van der Waals surface area contributed by atoms with Crippen molar-refractivity contribution in [2.45, 2.75) is 25.6 Å². The predicted molar refractivity (Wildman–Crippen MR) is 62.9 cm³/mol. The van der Waals surface area contributed by atoms with Crippen molar-refractivity contribution in [3.63, 3.8) is 0 Å². The highest BCUT2D eigenvalue weighted by Gasteiger charge is 2.30. The SMILES string of the molecule is COC[C@@H]1CCn2nccc2CN1S(C)(=O)=O. The minimum atomic E-state index is -3.23. The lowest BCUT2D eigenvalue weighted by Gasteiger charge is -2.26. The molecule has 0 N–H and O–H groups in total. The van der Waals surface area contributed by atoms with Crippen molar-refractivity contribution in [1.82, 2.24) is 14.1 Å². The standard InChI is InChI=1S/C10H17N3O3S/c1-16-8-10-4-6-12-9(3-5-11-12)7-13(10)17(2,14)15/h3,5,10H,4,6-8H2,1-2H3/t10-/m0/s1. The van der Waals surface area contributed by atoms with Crippen LogP contribution in [-0.2, 0) is 27.8 Å². The molecule has 2 heterocycles. The van der Waals surface area contributed by atoms with Crippen molar-refractivity contribution >= 4 is 10.0 Å². The van der Waals surface area contributed by atoms with Gasteiger partial charge in [-0.25, -0.2) is 8.42 Å². The molecule has 0 spiro atoms. The van der Waals surface area contributed by atoms with Crippen LogP contribution in [-0.4, -0.2) is 48.5 Å². The van der Waals surface area contributed by atoms with Crippen molar-refractivity contribution < 1.29 is 13.2 Å². The van der Waals surface area contributed by atoms with Gasteiger partial charge in [-0.05, 0) is 12.5 Å². The molecule has 0 saturated heterocycles. The van der Waals surface area contributed by atoms with Crippen molar-refractivity contribution in [2.24, 2.45) is 0 Å². The highest BCUT2D eigenvalue weighted by Crippen LogP contribution is 2.19. The molecule has 0 aromatic carbocycles. The zero-order chi connectivity index (χ0) is 12.5. The van der Waals surface area contributed by atoms with Gasteiger partial charge in [-0.3, -0.25) is 4.68 Å². The second-order valence-corrected chi connectivity index (χ2v) is 6.19. The fraction of sp³-hybridized carbons (Fsp3) is 0.700. The number of sulfonamides is 1. The second kappa shape index (κ2) is 4.75. The Bertz CT molecular complexity index is 483. The van der Waals surface area contributed by atoms with Gasteiger partial charge in [0, 0.05) is 19.9 Å². The highest BCUT2D eigenvalue weighted by molar-refractivity contribution is 7.88. The van der Waals surface area contributed by atoms with E-state index in [1.165, 1.54) is 10.6 Å². The van der Waals surface area contributed by atoms with Gasteiger partial charge >= 0.3 is 0 Å². The maximum atomic E-state index is 11.8. The lowest BCUT2D eigenvalue weighted by atomic mass is 10.2. The molecule has 6 nitrogen and oxygen atoms in total. The van der Waals surface area contributed by atoms with Gasteiger partial charge in [-0.15, -0.1) is 0 Å². The van der Waals surface area contributed by atoms with E-state index in [0.717, 1.165) is 18.7 Å². The maximum Gasteiger partial charge on any atom is 0.211 e. The van der Waals surface area contributed by atoms with Gasteiger partial charge in [-0.1, -0.05) is 0 Å². The Hall–Kier alpha value is -0.920. The van der Waals surface area contributed by atoms with Crippen molar-refractivity contribution in [3.8, 4) is 0 Å². The molecular weight excluding hydrogens is 242 g/mol.